The molecule has 3 aliphatic rings. The summed E-state index contributed by atoms with van der Waals surface area (Å²) in [5, 5.41) is 7.63. The second-order valence-corrected chi connectivity index (χ2v) is 13.7. The Morgan fingerprint density at radius 3 is 1.96 bits per heavy atom. The summed E-state index contributed by atoms with van der Waals surface area (Å²) in [5.74, 6) is -2.72. The van der Waals surface area contributed by atoms with Gasteiger partial charge in [-0.05, 0) is 53.6 Å². The number of hydrogen-bond donors (Lipinski definition) is 3. The van der Waals surface area contributed by atoms with Crippen LogP contribution in [-0.4, -0.2) is 113 Å². The molecule has 15 nitrogen and oxygen atoms in total. The second-order valence-electron chi connectivity index (χ2n) is 13.7. The van der Waals surface area contributed by atoms with Crippen LogP contribution in [0.15, 0.2) is 66.7 Å². The van der Waals surface area contributed by atoms with E-state index in [2.05, 4.69) is 40.2 Å². The maximum absolute atomic E-state index is 13.2. The van der Waals surface area contributed by atoms with Crippen LogP contribution in [-0.2, 0) is 38.1 Å². The van der Waals surface area contributed by atoms with Gasteiger partial charge in [0.05, 0.1) is 63.1 Å². The molecule has 1 fully saturated rings. The summed E-state index contributed by atoms with van der Waals surface area (Å²) >= 11 is 0. The van der Waals surface area contributed by atoms with Crippen LogP contribution >= 0.6 is 0 Å². The molecule has 3 N–H and O–H groups in total. The highest BCUT2D eigenvalue weighted by atomic mass is 16.6. The van der Waals surface area contributed by atoms with E-state index >= 15 is 0 Å². The van der Waals surface area contributed by atoms with Crippen LogP contribution in [0.2, 0.25) is 0 Å². The molecule has 0 bridgehead atoms. The lowest BCUT2D eigenvalue weighted by Crippen LogP contribution is -2.54. The van der Waals surface area contributed by atoms with Crippen molar-refractivity contribution < 1.29 is 52.5 Å². The molecule has 0 spiro atoms. The SMILES string of the molecule is O=C1CCC(N2C(=O)c3cccc(NC(=O)CCCCCOCCOCCOCCOCCNC(=O)OCC4c5ccccc5-c5ccccc54)c3C2=O)C(=O)N1. The number of alkyl carbamates (subject to hydrolysis) is 1. The van der Waals surface area contributed by atoms with Crippen molar-refractivity contribution in [1.82, 2.24) is 15.5 Å². The fraction of sp³-hybridized carbons (Fsp3) is 0.429. The van der Waals surface area contributed by atoms with Crippen molar-refractivity contribution in [3.05, 3.63) is 89.0 Å². The van der Waals surface area contributed by atoms with Crippen molar-refractivity contribution in [3.8, 4) is 11.1 Å². The Labute approximate surface area is 330 Å². The molecular formula is C42H48N4O11. The fourth-order valence-corrected chi connectivity index (χ4v) is 7.13. The highest BCUT2D eigenvalue weighted by molar-refractivity contribution is 6.26. The number of imide groups is 2. The van der Waals surface area contributed by atoms with E-state index in [1.54, 1.807) is 12.1 Å². The van der Waals surface area contributed by atoms with Crippen molar-refractivity contribution in [2.24, 2.45) is 0 Å². The minimum atomic E-state index is -1.08. The Morgan fingerprint density at radius 2 is 1.30 bits per heavy atom. The molecule has 15 heteroatoms. The molecule has 1 aliphatic carbocycles. The van der Waals surface area contributed by atoms with E-state index in [4.69, 9.17) is 23.7 Å². The molecule has 0 aromatic heterocycles. The molecule has 302 valence electrons. The van der Waals surface area contributed by atoms with Gasteiger partial charge in [0.1, 0.15) is 12.6 Å². The number of carbonyl (C=O) groups is 6. The average Bonchev–Trinajstić information content (AvgIpc) is 3.67. The van der Waals surface area contributed by atoms with Crippen molar-refractivity contribution in [3.63, 3.8) is 0 Å². The summed E-state index contributed by atoms with van der Waals surface area (Å²) in [4.78, 5) is 75.9. The van der Waals surface area contributed by atoms with Gasteiger partial charge in [-0.15, -0.1) is 0 Å². The number of ether oxygens (including phenoxy) is 5. The van der Waals surface area contributed by atoms with Crippen molar-refractivity contribution in [2.75, 3.05) is 71.3 Å². The number of rotatable bonds is 22. The summed E-state index contributed by atoms with van der Waals surface area (Å²) in [5.41, 5.74) is 5.07. The molecule has 57 heavy (non-hydrogen) atoms. The monoisotopic (exact) mass is 784 g/mol. The van der Waals surface area contributed by atoms with Crippen LogP contribution in [0.3, 0.4) is 0 Å². The molecular weight excluding hydrogens is 736 g/mol. The zero-order valence-electron chi connectivity index (χ0n) is 31.8. The van der Waals surface area contributed by atoms with Gasteiger partial charge in [-0.25, -0.2) is 4.79 Å². The molecule has 3 aromatic carbocycles. The molecule has 3 aromatic rings. The second kappa shape index (κ2) is 20.6. The number of benzene rings is 3. The maximum atomic E-state index is 13.2. The van der Waals surface area contributed by atoms with E-state index in [-0.39, 0.29) is 54.5 Å². The largest absolute Gasteiger partial charge is 0.449 e. The van der Waals surface area contributed by atoms with Crippen LogP contribution in [0.4, 0.5) is 10.5 Å². The van der Waals surface area contributed by atoms with Crippen LogP contribution in [0.25, 0.3) is 11.1 Å². The third-order valence-electron chi connectivity index (χ3n) is 9.91. The number of hydrogen-bond acceptors (Lipinski definition) is 11. The Balaban J connectivity index is 0.721. The van der Waals surface area contributed by atoms with Gasteiger partial charge in [0, 0.05) is 31.9 Å². The third kappa shape index (κ3) is 10.7. The minimum absolute atomic E-state index is 0.0144. The summed E-state index contributed by atoms with van der Waals surface area (Å²) in [6.45, 7) is 3.93. The van der Waals surface area contributed by atoms with Gasteiger partial charge in [-0.1, -0.05) is 61.0 Å². The predicted molar refractivity (Wildman–Crippen MR) is 207 cm³/mol. The molecule has 6 rings (SSSR count). The molecule has 2 heterocycles. The van der Waals surface area contributed by atoms with Gasteiger partial charge in [-0.2, -0.15) is 0 Å². The number of nitrogens with one attached hydrogen (secondary N) is 3. The molecule has 6 amide bonds. The third-order valence-corrected chi connectivity index (χ3v) is 9.91. The molecule has 1 unspecified atom stereocenters. The van der Waals surface area contributed by atoms with E-state index in [1.807, 2.05) is 24.3 Å². The Kier molecular flexibility index (Phi) is 14.9. The van der Waals surface area contributed by atoms with Crippen LogP contribution in [0.1, 0.15) is 76.3 Å². The van der Waals surface area contributed by atoms with Crippen LogP contribution < -0.4 is 16.0 Å². The number of unbranched alkanes of at least 4 members (excludes halogenated alkanes) is 2. The highest BCUT2D eigenvalue weighted by Crippen LogP contribution is 2.44. The van der Waals surface area contributed by atoms with E-state index < -0.39 is 35.8 Å². The normalized spacial score (nSPS) is 15.9. The fourth-order valence-electron chi connectivity index (χ4n) is 7.13. The van der Waals surface area contributed by atoms with Crippen molar-refractivity contribution in [1.29, 1.82) is 0 Å². The first-order valence-corrected chi connectivity index (χ1v) is 19.4. The Bertz CT molecular complexity index is 1890. The van der Waals surface area contributed by atoms with E-state index in [9.17, 15) is 28.8 Å². The predicted octanol–water partition coefficient (Wildman–Crippen LogP) is 4.19. The molecule has 1 saturated heterocycles. The van der Waals surface area contributed by atoms with E-state index in [1.165, 1.54) is 28.3 Å². The zero-order valence-corrected chi connectivity index (χ0v) is 31.8. The standard InChI is InChI=1S/C42H48N4O11/c47-36(44-34-14-8-13-32-38(34)41(51)46(40(32)50)35-16-17-37(48)45-39(35)49)15-2-1-7-19-53-21-23-55-25-26-56-24-22-54-20-18-43-42(52)57-27-33-30-11-5-3-9-28(30)29-10-4-6-12-31(29)33/h3-6,8-14,33,35H,1-2,7,15-27H2,(H,43,52)(H,44,47)(H,45,48,49). The summed E-state index contributed by atoms with van der Waals surface area (Å²) in [6.07, 6.45) is 1.93. The molecule has 1 atom stereocenters. The number of piperidine rings is 1. The van der Waals surface area contributed by atoms with Gasteiger partial charge in [0.25, 0.3) is 11.8 Å². The van der Waals surface area contributed by atoms with E-state index in [0.29, 0.717) is 65.8 Å². The first-order chi connectivity index (χ1) is 27.8. The number of carbonyl (C=O) groups excluding carboxylic acids is 6. The van der Waals surface area contributed by atoms with Crippen molar-refractivity contribution in [2.45, 2.75) is 50.5 Å². The topological polar surface area (TPSA) is 188 Å². The zero-order chi connectivity index (χ0) is 40.0. The molecule has 2 aliphatic heterocycles. The van der Waals surface area contributed by atoms with E-state index in [0.717, 1.165) is 17.7 Å². The van der Waals surface area contributed by atoms with Gasteiger partial charge in [0.15, 0.2) is 0 Å². The summed E-state index contributed by atoms with van der Waals surface area (Å²) < 4.78 is 27.7. The number of nitrogens with zero attached hydrogens (tertiary/aromatic N) is 1. The van der Waals surface area contributed by atoms with Gasteiger partial charge in [0.2, 0.25) is 17.7 Å². The first-order valence-electron chi connectivity index (χ1n) is 19.4. The average molecular weight is 785 g/mol. The lowest BCUT2D eigenvalue weighted by atomic mass is 9.98. The number of anilines is 1. The Morgan fingerprint density at radius 1 is 0.684 bits per heavy atom. The smallest absolute Gasteiger partial charge is 0.407 e. The summed E-state index contributed by atoms with van der Waals surface area (Å²) in [7, 11) is 0. The maximum Gasteiger partial charge on any atom is 0.407 e. The van der Waals surface area contributed by atoms with Gasteiger partial charge >= 0.3 is 6.09 Å². The van der Waals surface area contributed by atoms with Crippen LogP contribution in [0.5, 0.6) is 0 Å². The molecule has 0 radical (unpaired) electrons. The first kappa shape index (κ1) is 41.2. The number of amides is 6. The number of fused-ring (bicyclic) bond motifs is 4. The lowest BCUT2D eigenvalue weighted by molar-refractivity contribution is -0.136. The minimum Gasteiger partial charge on any atom is -0.449 e. The Hall–Kier alpha value is -5.48. The van der Waals surface area contributed by atoms with Crippen molar-refractivity contribution >= 4 is 41.3 Å². The lowest BCUT2D eigenvalue weighted by Gasteiger charge is -2.27. The molecule has 0 saturated carbocycles. The van der Waals surface area contributed by atoms with Crippen LogP contribution in [0, 0.1) is 0 Å². The summed E-state index contributed by atoms with van der Waals surface area (Å²) in [6, 6.07) is 19.9. The van der Waals surface area contributed by atoms with Gasteiger partial charge < -0.3 is 34.3 Å². The highest BCUT2D eigenvalue weighted by Gasteiger charge is 2.45. The van der Waals surface area contributed by atoms with Gasteiger partial charge in [-0.3, -0.25) is 34.2 Å². The quantitative estimate of drug-likeness (QED) is 0.0980.